The molecule has 0 radical (unpaired) electrons. The lowest BCUT2D eigenvalue weighted by molar-refractivity contribution is 0.102. The summed E-state index contributed by atoms with van der Waals surface area (Å²) in [6.45, 7) is 1.95. The summed E-state index contributed by atoms with van der Waals surface area (Å²) in [5.41, 5.74) is 3.16. The second-order valence-electron chi connectivity index (χ2n) is 5.75. The number of pyridine rings is 1. The first-order valence-corrected chi connectivity index (χ1v) is 8.02. The van der Waals surface area contributed by atoms with Crippen molar-refractivity contribution in [2.45, 2.75) is 6.92 Å². The van der Waals surface area contributed by atoms with Crippen molar-refractivity contribution in [3.05, 3.63) is 66.4 Å². The Morgan fingerprint density at radius 2 is 1.84 bits per heavy atom. The molecule has 3 aromatic rings. The second-order valence-corrected chi connectivity index (χ2v) is 5.75. The summed E-state index contributed by atoms with van der Waals surface area (Å²) in [5.74, 6) is 0.740. The highest BCUT2D eigenvalue weighted by molar-refractivity contribution is 6.06. The number of carbonyl (C=O) groups excluding carboxylic acids is 1. The maximum Gasteiger partial charge on any atom is 0.257 e. The van der Waals surface area contributed by atoms with Gasteiger partial charge in [-0.2, -0.15) is 0 Å². The zero-order valence-electron chi connectivity index (χ0n) is 14.5. The molecule has 5 heteroatoms. The fourth-order valence-electron chi connectivity index (χ4n) is 2.50. The zero-order valence-corrected chi connectivity index (χ0v) is 14.5. The van der Waals surface area contributed by atoms with Gasteiger partial charge in [-0.1, -0.05) is 18.2 Å². The van der Waals surface area contributed by atoms with Crippen molar-refractivity contribution in [3.8, 4) is 0 Å². The van der Waals surface area contributed by atoms with Gasteiger partial charge in [0.25, 0.3) is 5.91 Å². The predicted octanol–water partition coefficient (Wildman–Crippen LogP) is 3.97. The Balaban J connectivity index is 1.76. The first-order valence-electron chi connectivity index (χ1n) is 8.02. The molecule has 3 rings (SSSR count). The standard InChI is InChI=1S/C20H20N4O/c1-14(21-2)24(3)18-10-8-17(9-11-18)23-20(25)16-12-15-6-4-5-7-19(15)22-13-16/h4-13H,1-3H3,(H,23,25). The van der Waals surface area contributed by atoms with E-state index in [0.717, 1.165) is 28.1 Å². The van der Waals surface area contributed by atoms with E-state index < -0.39 is 0 Å². The molecule has 1 heterocycles. The number of para-hydroxylation sites is 1. The van der Waals surface area contributed by atoms with Crippen LogP contribution in [-0.4, -0.2) is 30.8 Å². The highest BCUT2D eigenvalue weighted by atomic mass is 16.1. The van der Waals surface area contributed by atoms with Gasteiger partial charge in [0.15, 0.2) is 0 Å². The smallest absolute Gasteiger partial charge is 0.257 e. The molecule has 126 valence electrons. The molecule has 0 spiro atoms. The van der Waals surface area contributed by atoms with Crippen LogP contribution in [0.4, 0.5) is 11.4 Å². The van der Waals surface area contributed by atoms with Crippen LogP contribution in [0.5, 0.6) is 0 Å². The first kappa shape index (κ1) is 16.6. The van der Waals surface area contributed by atoms with Gasteiger partial charge in [-0.05, 0) is 43.3 Å². The Morgan fingerprint density at radius 3 is 2.56 bits per heavy atom. The highest BCUT2D eigenvalue weighted by Gasteiger charge is 2.09. The van der Waals surface area contributed by atoms with Crippen molar-refractivity contribution in [2.75, 3.05) is 24.3 Å². The summed E-state index contributed by atoms with van der Waals surface area (Å²) in [6, 6.07) is 17.2. The molecule has 5 nitrogen and oxygen atoms in total. The van der Waals surface area contributed by atoms with Crippen LogP contribution < -0.4 is 10.2 Å². The number of amides is 1. The van der Waals surface area contributed by atoms with Gasteiger partial charge in [0.1, 0.15) is 0 Å². The van der Waals surface area contributed by atoms with Crippen LogP contribution in [0.25, 0.3) is 10.9 Å². The number of rotatable bonds is 3. The molecule has 0 aliphatic heterocycles. The SMILES string of the molecule is CN=C(C)N(C)c1ccc(NC(=O)c2cnc3ccccc3c2)cc1. The van der Waals surface area contributed by atoms with Crippen LogP contribution in [0, 0.1) is 0 Å². The van der Waals surface area contributed by atoms with Crippen LogP contribution >= 0.6 is 0 Å². The maximum atomic E-state index is 12.5. The van der Waals surface area contributed by atoms with E-state index in [-0.39, 0.29) is 5.91 Å². The molecule has 0 aliphatic rings. The Kier molecular flexibility index (Phi) is 4.75. The number of nitrogens with one attached hydrogen (secondary N) is 1. The molecule has 1 aromatic heterocycles. The number of aliphatic imine (C=N–C) groups is 1. The molecule has 1 N–H and O–H groups in total. The van der Waals surface area contributed by atoms with Crippen LogP contribution in [0.1, 0.15) is 17.3 Å². The van der Waals surface area contributed by atoms with E-state index in [4.69, 9.17) is 0 Å². The average Bonchev–Trinajstić information content (AvgIpc) is 2.67. The van der Waals surface area contributed by atoms with Crippen LogP contribution in [0.3, 0.4) is 0 Å². The van der Waals surface area contributed by atoms with Crippen molar-refractivity contribution < 1.29 is 4.79 Å². The summed E-state index contributed by atoms with van der Waals surface area (Å²) in [6.07, 6.45) is 1.60. The molecule has 25 heavy (non-hydrogen) atoms. The van der Waals surface area contributed by atoms with Crippen LogP contribution in [0.15, 0.2) is 65.8 Å². The van der Waals surface area contributed by atoms with Crippen molar-refractivity contribution in [1.29, 1.82) is 0 Å². The van der Waals surface area contributed by atoms with E-state index in [1.807, 2.05) is 73.5 Å². The Hall–Kier alpha value is -3.21. The summed E-state index contributed by atoms with van der Waals surface area (Å²) in [4.78, 5) is 22.9. The van der Waals surface area contributed by atoms with Gasteiger partial charge in [0.05, 0.1) is 16.9 Å². The van der Waals surface area contributed by atoms with E-state index in [1.165, 1.54) is 0 Å². The predicted molar refractivity (Wildman–Crippen MR) is 104 cm³/mol. The van der Waals surface area contributed by atoms with Crippen molar-refractivity contribution in [3.63, 3.8) is 0 Å². The Morgan fingerprint density at radius 1 is 1.12 bits per heavy atom. The van der Waals surface area contributed by atoms with Gasteiger partial charge in [-0.15, -0.1) is 0 Å². The lowest BCUT2D eigenvalue weighted by Gasteiger charge is -2.18. The molecular formula is C20H20N4O. The number of hydrogen-bond donors (Lipinski definition) is 1. The number of aromatic nitrogens is 1. The van der Waals surface area contributed by atoms with E-state index in [1.54, 1.807) is 13.2 Å². The van der Waals surface area contributed by atoms with Gasteiger partial charge in [0.2, 0.25) is 0 Å². The molecule has 0 saturated carbocycles. The van der Waals surface area contributed by atoms with Crippen molar-refractivity contribution >= 4 is 34.0 Å². The Bertz CT molecular complexity index is 932. The molecule has 2 aromatic carbocycles. The summed E-state index contributed by atoms with van der Waals surface area (Å²) in [7, 11) is 3.72. The topological polar surface area (TPSA) is 57.6 Å². The van der Waals surface area contributed by atoms with E-state index in [9.17, 15) is 4.79 Å². The lowest BCUT2D eigenvalue weighted by atomic mass is 10.1. The zero-order chi connectivity index (χ0) is 17.8. The number of fused-ring (bicyclic) bond motifs is 1. The third-order valence-corrected chi connectivity index (χ3v) is 4.17. The van der Waals surface area contributed by atoms with Gasteiger partial charge < -0.3 is 10.2 Å². The second kappa shape index (κ2) is 7.13. The number of hydrogen-bond acceptors (Lipinski definition) is 3. The summed E-state index contributed by atoms with van der Waals surface area (Å²) in [5, 5.41) is 3.85. The number of nitrogens with zero attached hydrogens (tertiary/aromatic N) is 3. The number of amidine groups is 1. The van der Waals surface area contributed by atoms with Crippen LogP contribution in [-0.2, 0) is 0 Å². The monoisotopic (exact) mass is 332 g/mol. The fraction of sp³-hybridized carbons (Fsp3) is 0.150. The Labute approximate surface area is 147 Å². The molecule has 0 bridgehead atoms. The normalized spacial score (nSPS) is 11.4. The summed E-state index contributed by atoms with van der Waals surface area (Å²) >= 11 is 0. The van der Waals surface area contributed by atoms with Gasteiger partial charge in [-0.25, -0.2) is 0 Å². The minimum absolute atomic E-state index is 0.175. The molecule has 0 fully saturated rings. The quantitative estimate of drug-likeness (QED) is 0.583. The summed E-state index contributed by atoms with van der Waals surface area (Å²) < 4.78 is 0. The minimum atomic E-state index is -0.175. The molecule has 0 unspecified atom stereocenters. The third kappa shape index (κ3) is 3.66. The minimum Gasteiger partial charge on any atom is -0.334 e. The largest absolute Gasteiger partial charge is 0.334 e. The van der Waals surface area contributed by atoms with Crippen molar-refractivity contribution in [2.24, 2.45) is 4.99 Å². The average molecular weight is 332 g/mol. The van der Waals surface area contributed by atoms with E-state index in [0.29, 0.717) is 5.56 Å². The molecule has 0 aliphatic carbocycles. The van der Waals surface area contributed by atoms with E-state index in [2.05, 4.69) is 15.3 Å². The fourth-order valence-corrected chi connectivity index (χ4v) is 2.50. The number of anilines is 2. The number of carbonyl (C=O) groups is 1. The van der Waals surface area contributed by atoms with Crippen molar-refractivity contribution in [1.82, 2.24) is 4.98 Å². The number of benzene rings is 2. The van der Waals surface area contributed by atoms with Gasteiger partial charge in [0, 0.05) is 37.1 Å². The van der Waals surface area contributed by atoms with Crippen LogP contribution in [0.2, 0.25) is 0 Å². The maximum absolute atomic E-state index is 12.5. The third-order valence-electron chi connectivity index (χ3n) is 4.17. The highest BCUT2D eigenvalue weighted by Crippen LogP contribution is 2.19. The molecule has 0 atom stereocenters. The first-order chi connectivity index (χ1) is 12.1. The molecule has 0 saturated heterocycles. The molecule has 1 amide bonds. The van der Waals surface area contributed by atoms with Gasteiger partial charge in [-0.3, -0.25) is 14.8 Å². The lowest BCUT2D eigenvalue weighted by Crippen LogP contribution is -2.23. The van der Waals surface area contributed by atoms with Gasteiger partial charge >= 0.3 is 0 Å². The molecular weight excluding hydrogens is 312 g/mol. The van der Waals surface area contributed by atoms with E-state index >= 15 is 0 Å².